The van der Waals surface area contributed by atoms with E-state index in [2.05, 4.69) is 10.8 Å². The molecule has 0 aliphatic carbocycles. The molecular weight excluding hydrogens is 204 g/mol. The maximum Gasteiger partial charge on any atom is 0.317 e. The van der Waals surface area contributed by atoms with E-state index >= 15 is 0 Å². The smallest absolute Gasteiger partial charge is 0.317 e. The van der Waals surface area contributed by atoms with Crippen molar-refractivity contribution in [3.8, 4) is 0 Å². The van der Waals surface area contributed by atoms with Crippen LogP contribution in [0, 0.1) is 0 Å². The molecule has 0 bridgehead atoms. The summed E-state index contributed by atoms with van der Waals surface area (Å²) >= 11 is 1.12. The number of hydrogen-bond donors (Lipinski definition) is 1. The van der Waals surface area contributed by atoms with Crippen molar-refractivity contribution in [2.45, 2.75) is 26.7 Å². The van der Waals surface area contributed by atoms with Crippen LogP contribution in [-0.2, 0) is 13.8 Å². The van der Waals surface area contributed by atoms with Crippen molar-refractivity contribution in [2.75, 3.05) is 5.75 Å². The first-order chi connectivity index (χ1) is 6.58. The number of hydrogen-bond acceptors (Lipinski definition) is 4. The van der Waals surface area contributed by atoms with Gasteiger partial charge in [0.15, 0.2) is 0 Å². The minimum atomic E-state index is -0.745. The third kappa shape index (κ3) is 17.2. The Morgan fingerprint density at radius 3 is 2.21 bits per heavy atom. The molecule has 0 saturated carbocycles. The maximum atomic E-state index is 10.4. The number of carboxylic acid groups (broad SMARTS) is 1. The molecule has 5 heteroatoms. The molecule has 0 fully saturated rings. The van der Waals surface area contributed by atoms with Crippen molar-refractivity contribution in [2.24, 2.45) is 0 Å². The van der Waals surface area contributed by atoms with Crippen LogP contribution in [0.2, 0.25) is 0 Å². The largest absolute Gasteiger partial charge is 0.481 e. The normalized spacial score (nSPS) is 8.14. The third-order valence-electron chi connectivity index (χ3n) is 0.929. The molecule has 0 rings (SSSR count). The van der Waals surface area contributed by atoms with Crippen LogP contribution in [0.1, 0.15) is 26.7 Å². The van der Waals surface area contributed by atoms with Gasteiger partial charge in [0, 0.05) is 18.6 Å². The van der Waals surface area contributed by atoms with Gasteiger partial charge in [0.1, 0.15) is 0 Å². The molecule has 0 radical (unpaired) electrons. The molecule has 0 atom stereocenters. The zero-order valence-electron chi connectivity index (χ0n) is 8.49. The Hall–Kier alpha value is -0.970. The molecule has 82 valence electrons. The van der Waals surface area contributed by atoms with Crippen LogP contribution in [0.3, 0.4) is 0 Å². The van der Waals surface area contributed by atoms with Gasteiger partial charge in [-0.2, -0.15) is 0 Å². The van der Waals surface area contributed by atoms with E-state index in [1.807, 2.05) is 0 Å². The van der Waals surface area contributed by atoms with Crippen LogP contribution >= 0.6 is 12.0 Å². The lowest BCUT2D eigenvalue weighted by molar-refractivity contribution is -0.136. The summed E-state index contributed by atoms with van der Waals surface area (Å²) in [5.74, 6) is -0.266. The fraction of sp³-hybridized carbons (Fsp3) is 0.556. The summed E-state index contributed by atoms with van der Waals surface area (Å²) < 4.78 is 4.64. The molecule has 1 N–H and O–H groups in total. The number of carbonyl (C=O) groups is 2. The Morgan fingerprint density at radius 1 is 1.43 bits per heavy atom. The van der Waals surface area contributed by atoms with Gasteiger partial charge in [-0.15, -0.1) is 6.58 Å². The zero-order valence-corrected chi connectivity index (χ0v) is 9.30. The van der Waals surface area contributed by atoms with Crippen molar-refractivity contribution >= 4 is 24.0 Å². The van der Waals surface area contributed by atoms with E-state index in [4.69, 9.17) is 5.11 Å². The van der Waals surface area contributed by atoms with E-state index in [1.54, 1.807) is 19.9 Å². The molecular formula is C9H16O4S. The van der Waals surface area contributed by atoms with Gasteiger partial charge in [0.05, 0.1) is 12.0 Å². The van der Waals surface area contributed by atoms with Gasteiger partial charge in [0.2, 0.25) is 0 Å². The zero-order chi connectivity index (χ0) is 11.4. The molecule has 0 saturated heterocycles. The summed E-state index contributed by atoms with van der Waals surface area (Å²) in [6.07, 6.45) is 2.34. The highest BCUT2D eigenvalue weighted by molar-refractivity contribution is 7.95. The van der Waals surface area contributed by atoms with E-state index in [0.717, 1.165) is 12.0 Å². The molecule has 0 aromatic rings. The van der Waals surface area contributed by atoms with Gasteiger partial charge < -0.3 is 9.29 Å². The van der Waals surface area contributed by atoms with E-state index < -0.39 is 5.97 Å². The van der Waals surface area contributed by atoms with Gasteiger partial charge in [-0.1, -0.05) is 19.9 Å². The van der Waals surface area contributed by atoms with E-state index in [-0.39, 0.29) is 12.4 Å². The minimum Gasteiger partial charge on any atom is -0.481 e. The molecule has 0 aromatic heterocycles. The third-order valence-corrected chi connectivity index (χ3v) is 1.60. The van der Waals surface area contributed by atoms with Crippen molar-refractivity contribution < 1.29 is 18.9 Å². The average molecular weight is 220 g/mol. The van der Waals surface area contributed by atoms with Gasteiger partial charge in [0.25, 0.3) is 0 Å². The van der Waals surface area contributed by atoms with Crippen molar-refractivity contribution in [1.29, 1.82) is 0 Å². The molecule has 0 heterocycles. The molecule has 14 heavy (non-hydrogen) atoms. The first-order valence-corrected chi connectivity index (χ1v) is 5.14. The van der Waals surface area contributed by atoms with Crippen LogP contribution in [0.15, 0.2) is 12.7 Å². The summed E-state index contributed by atoms with van der Waals surface area (Å²) in [6.45, 7) is 6.83. The summed E-state index contributed by atoms with van der Waals surface area (Å²) in [5, 5.41) is 7.72. The summed E-state index contributed by atoms with van der Waals surface area (Å²) in [5.41, 5.74) is 0. The molecule has 4 nitrogen and oxygen atoms in total. The highest BCUT2D eigenvalue weighted by atomic mass is 32.2. The summed E-state index contributed by atoms with van der Waals surface area (Å²) in [6, 6.07) is 0. The SMILES string of the molecule is C=CCSOC(=O)CC.CCC(=O)O. The standard InChI is InChI=1S/C6H10O2S.C3H6O2/c1-3-5-9-8-6(7)4-2;1-2-3(4)5/h3H,1,4-5H2,2H3;2H2,1H3,(H,4,5). The second-order valence-electron chi connectivity index (χ2n) is 2.13. The fourth-order valence-electron chi connectivity index (χ4n) is 0.207. The first kappa shape index (κ1) is 15.5. The Kier molecular flexibility index (Phi) is 13.3. The lowest BCUT2D eigenvalue weighted by Gasteiger charge is -1.95. The second kappa shape index (κ2) is 12.0. The molecule has 0 aliphatic heterocycles. The van der Waals surface area contributed by atoms with Crippen LogP contribution in [0.4, 0.5) is 0 Å². The van der Waals surface area contributed by atoms with Gasteiger partial charge in [-0.3, -0.25) is 9.59 Å². The first-order valence-electron chi connectivity index (χ1n) is 4.23. The molecule has 0 aliphatic rings. The van der Waals surface area contributed by atoms with Crippen LogP contribution in [-0.4, -0.2) is 22.8 Å². The molecule has 0 amide bonds. The second-order valence-corrected chi connectivity index (χ2v) is 2.87. The van der Waals surface area contributed by atoms with E-state index in [1.165, 1.54) is 0 Å². The van der Waals surface area contributed by atoms with Gasteiger partial charge in [-0.25, -0.2) is 0 Å². The molecule has 0 unspecified atom stereocenters. The van der Waals surface area contributed by atoms with Crippen LogP contribution in [0.5, 0.6) is 0 Å². The lowest BCUT2D eigenvalue weighted by atomic mass is 10.5. The Labute approximate surface area is 88.5 Å². The van der Waals surface area contributed by atoms with Crippen LogP contribution < -0.4 is 0 Å². The van der Waals surface area contributed by atoms with Gasteiger partial charge >= 0.3 is 11.9 Å². The maximum absolute atomic E-state index is 10.4. The summed E-state index contributed by atoms with van der Waals surface area (Å²) in [4.78, 5) is 19.8. The Bertz CT molecular complexity index is 180. The van der Waals surface area contributed by atoms with Crippen molar-refractivity contribution in [3.05, 3.63) is 12.7 Å². The highest BCUT2D eigenvalue weighted by Crippen LogP contribution is 2.03. The minimum absolute atomic E-state index is 0.179. The number of rotatable bonds is 5. The predicted octanol–water partition coefficient (Wildman–Crippen LogP) is 2.25. The van der Waals surface area contributed by atoms with Crippen LogP contribution in [0.25, 0.3) is 0 Å². The van der Waals surface area contributed by atoms with E-state index in [0.29, 0.717) is 12.2 Å². The van der Waals surface area contributed by atoms with Crippen molar-refractivity contribution in [1.82, 2.24) is 0 Å². The number of aliphatic carboxylic acids is 1. The van der Waals surface area contributed by atoms with Crippen molar-refractivity contribution in [3.63, 3.8) is 0 Å². The monoisotopic (exact) mass is 220 g/mol. The average Bonchev–Trinajstić information content (AvgIpc) is 2.19. The highest BCUT2D eigenvalue weighted by Gasteiger charge is 1.95. The predicted molar refractivity (Wildman–Crippen MR) is 57.0 cm³/mol. The van der Waals surface area contributed by atoms with E-state index in [9.17, 15) is 9.59 Å². The quantitative estimate of drug-likeness (QED) is 0.437. The molecule has 0 spiro atoms. The Balaban J connectivity index is 0. The van der Waals surface area contributed by atoms with Gasteiger partial charge in [-0.05, 0) is 0 Å². The number of carbonyl (C=O) groups excluding carboxylic acids is 1. The Morgan fingerprint density at radius 2 is 1.93 bits per heavy atom. The fourth-order valence-corrected chi connectivity index (χ4v) is 0.620. The molecule has 0 aromatic carbocycles. The summed E-state index contributed by atoms with van der Waals surface area (Å²) in [7, 11) is 0. The topological polar surface area (TPSA) is 63.6 Å². The lowest BCUT2D eigenvalue weighted by Crippen LogP contribution is -1.94. The number of carboxylic acids is 1.